The van der Waals surface area contributed by atoms with E-state index in [2.05, 4.69) is 50.4 Å². The van der Waals surface area contributed by atoms with Crippen molar-refractivity contribution in [1.29, 1.82) is 0 Å². The molecule has 0 aromatic heterocycles. The van der Waals surface area contributed by atoms with Gasteiger partial charge in [-0.15, -0.1) is 0 Å². The SMILES string of the molecule is C=C(CC)C(=O)OCC(COC(=O)C(=C)CO)CC1CCC(c2ccc(C3=CCC(CCCCCCC)CC3)cc2)CC1. The Morgan fingerprint density at radius 2 is 1.51 bits per heavy atom. The van der Waals surface area contributed by atoms with Gasteiger partial charge in [0.05, 0.1) is 25.4 Å². The zero-order valence-corrected chi connectivity index (χ0v) is 26.9. The van der Waals surface area contributed by atoms with E-state index in [1.165, 1.54) is 74.5 Å². The van der Waals surface area contributed by atoms with Crippen LogP contribution in [0.2, 0.25) is 0 Å². The fraction of sp³-hybridized carbons (Fsp3) is 0.632. The predicted octanol–water partition coefficient (Wildman–Crippen LogP) is 9.11. The summed E-state index contributed by atoms with van der Waals surface area (Å²) < 4.78 is 10.9. The van der Waals surface area contributed by atoms with E-state index in [1.807, 2.05) is 6.92 Å². The maximum Gasteiger partial charge on any atom is 0.335 e. The van der Waals surface area contributed by atoms with Crippen molar-refractivity contribution in [3.8, 4) is 0 Å². The summed E-state index contributed by atoms with van der Waals surface area (Å²) >= 11 is 0. The number of carbonyl (C=O) groups is 2. The average Bonchev–Trinajstić information content (AvgIpc) is 3.05. The van der Waals surface area contributed by atoms with Crippen molar-refractivity contribution in [2.45, 2.75) is 116 Å². The van der Waals surface area contributed by atoms with Crippen LogP contribution in [0.25, 0.3) is 5.57 Å². The van der Waals surface area contributed by atoms with Gasteiger partial charge in [0.1, 0.15) is 0 Å². The molecular formula is C38H56O5. The molecule has 0 radical (unpaired) electrons. The van der Waals surface area contributed by atoms with Crippen LogP contribution in [-0.4, -0.2) is 36.9 Å². The van der Waals surface area contributed by atoms with Gasteiger partial charge >= 0.3 is 11.9 Å². The zero-order valence-electron chi connectivity index (χ0n) is 26.9. The molecule has 0 spiro atoms. The summed E-state index contributed by atoms with van der Waals surface area (Å²) in [6.07, 6.45) is 20.4. The molecular weight excluding hydrogens is 536 g/mol. The van der Waals surface area contributed by atoms with E-state index in [4.69, 9.17) is 14.6 Å². The number of aliphatic hydroxyl groups is 1. The van der Waals surface area contributed by atoms with Crippen LogP contribution < -0.4 is 0 Å². The summed E-state index contributed by atoms with van der Waals surface area (Å²) in [7, 11) is 0. The largest absolute Gasteiger partial charge is 0.462 e. The Bertz CT molecular complexity index is 1030. The molecule has 43 heavy (non-hydrogen) atoms. The summed E-state index contributed by atoms with van der Waals surface area (Å²) in [5.41, 5.74) is 4.81. The Hall–Kier alpha value is -2.66. The van der Waals surface area contributed by atoms with Crippen LogP contribution in [-0.2, 0) is 19.1 Å². The van der Waals surface area contributed by atoms with E-state index >= 15 is 0 Å². The first kappa shape index (κ1) is 34.8. The minimum absolute atomic E-state index is 0.0266. The van der Waals surface area contributed by atoms with Gasteiger partial charge in [-0.1, -0.05) is 95.9 Å². The second kappa shape index (κ2) is 18.9. The second-order valence-corrected chi connectivity index (χ2v) is 12.9. The molecule has 1 fully saturated rings. The monoisotopic (exact) mass is 592 g/mol. The number of unbranched alkanes of at least 4 members (excludes halogenated alkanes) is 4. The smallest absolute Gasteiger partial charge is 0.335 e. The molecule has 1 aromatic carbocycles. The number of esters is 2. The summed E-state index contributed by atoms with van der Waals surface area (Å²) in [5, 5.41) is 9.17. The summed E-state index contributed by atoms with van der Waals surface area (Å²) in [6.45, 7) is 11.3. The third-order valence-electron chi connectivity index (χ3n) is 9.60. The van der Waals surface area contributed by atoms with Crippen LogP contribution in [0.4, 0.5) is 0 Å². The number of aliphatic hydroxyl groups excluding tert-OH is 1. The molecule has 0 aliphatic heterocycles. The maximum absolute atomic E-state index is 12.2. The Labute approximate surface area is 260 Å². The van der Waals surface area contributed by atoms with Gasteiger partial charge in [0.25, 0.3) is 0 Å². The summed E-state index contributed by atoms with van der Waals surface area (Å²) in [6, 6.07) is 9.36. The quantitative estimate of drug-likeness (QED) is 0.105. The summed E-state index contributed by atoms with van der Waals surface area (Å²) in [5.74, 6) is 0.819. The number of ether oxygens (including phenoxy) is 2. The molecule has 1 aromatic rings. The number of allylic oxidation sites excluding steroid dienone is 2. The number of hydrogen-bond acceptors (Lipinski definition) is 5. The zero-order chi connectivity index (χ0) is 31.0. The van der Waals surface area contributed by atoms with Crippen molar-refractivity contribution in [3.63, 3.8) is 0 Å². The molecule has 238 valence electrons. The first-order valence-corrected chi connectivity index (χ1v) is 16.9. The fourth-order valence-electron chi connectivity index (χ4n) is 6.61. The highest BCUT2D eigenvalue weighted by Crippen LogP contribution is 2.39. The fourth-order valence-corrected chi connectivity index (χ4v) is 6.61. The first-order chi connectivity index (χ1) is 20.8. The third kappa shape index (κ3) is 11.7. The standard InChI is InChI=1S/C38H56O5/c1-5-7-8-9-10-11-30-12-16-33(17-13-30)35-20-22-36(23-21-35)34-18-14-31(15-19-34)24-32(26-42-37(40)28(3)6-2)27-43-38(41)29(4)25-39/h16,20-23,30-32,34,39H,3-15,17-19,24-27H2,1-2H3. The molecule has 5 heteroatoms. The van der Waals surface area contributed by atoms with Gasteiger partial charge in [-0.05, 0) is 92.2 Å². The van der Waals surface area contributed by atoms with Gasteiger partial charge < -0.3 is 14.6 Å². The van der Waals surface area contributed by atoms with Gasteiger partial charge in [0, 0.05) is 11.5 Å². The number of rotatable bonds is 18. The lowest BCUT2D eigenvalue weighted by atomic mass is 9.75. The van der Waals surface area contributed by atoms with Crippen LogP contribution in [0.1, 0.15) is 127 Å². The van der Waals surface area contributed by atoms with Gasteiger partial charge in [-0.2, -0.15) is 0 Å². The van der Waals surface area contributed by atoms with Crippen LogP contribution in [0, 0.1) is 17.8 Å². The lowest BCUT2D eigenvalue weighted by Gasteiger charge is -2.31. The van der Waals surface area contributed by atoms with Gasteiger partial charge in [-0.3, -0.25) is 0 Å². The van der Waals surface area contributed by atoms with Crippen molar-refractivity contribution in [2.75, 3.05) is 19.8 Å². The van der Waals surface area contributed by atoms with E-state index in [1.54, 1.807) is 0 Å². The molecule has 2 unspecified atom stereocenters. The van der Waals surface area contributed by atoms with Crippen molar-refractivity contribution in [1.82, 2.24) is 0 Å². The van der Waals surface area contributed by atoms with E-state index in [0.29, 0.717) is 23.8 Å². The lowest BCUT2D eigenvalue weighted by molar-refractivity contribution is -0.145. The van der Waals surface area contributed by atoms with Crippen molar-refractivity contribution >= 4 is 17.5 Å². The first-order valence-electron chi connectivity index (χ1n) is 16.9. The highest BCUT2D eigenvalue weighted by atomic mass is 16.5. The third-order valence-corrected chi connectivity index (χ3v) is 9.60. The molecule has 0 saturated heterocycles. The highest BCUT2D eigenvalue weighted by molar-refractivity contribution is 5.88. The molecule has 2 aliphatic carbocycles. The van der Waals surface area contributed by atoms with Gasteiger partial charge in [-0.25, -0.2) is 9.59 Å². The van der Waals surface area contributed by atoms with E-state index in [9.17, 15) is 9.59 Å². The molecule has 2 aliphatic rings. The molecule has 0 heterocycles. The Balaban J connectivity index is 1.47. The molecule has 3 rings (SSSR count). The van der Waals surface area contributed by atoms with Crippen LogP contribution in [0.5, 0.6) is 0 Å². The predicted molar refractivity (Wildman–Crippen MR) is 176 cm³/mol. The summed E-state index contributed by atoms with van der Waals surface area (Å²) in [4.78, 5) is 24.3. The van der Waals surface area contributed by atoms with Crippen molar-refractivity contribution in [3.05, 3.63) is 65.8 Å². The van der Waals surface area contributed by atoms with Crippen molar-refractivity contribution in [2.24, 2.45) is 17.8 Å². The second-order valence-electron chi connectivity index (χ2n) is 12.9. The molecule has 5 nitrogen and oxygen atoms in total. The van der Waals surface area contributed by atoms with Crippen molar-refractivity contribution < 1.29 is 24.2 Å². The molecule has 0 amide bonds. The molecule has 1 saturated carbocycles. The van der Waals surface area contributed by atoms with Crippen LogP contribution in [0.15, 0.2) is 54.6 Å². The van der Waals surface area contributed by atoms with Crippen LogP contribution >= 0.6 is 0 Å². The topological polar surface area (TPSA) is 72.8 Å². The van der Waals surface area contributed by atoms with E-state index in [-0.39, 0.29) is 24.7 Å². The number of benzene rings is 1. The van der Waals surface area contributed by atoms with Gasteiger partial charge in [0.2, 0.25) is 0 Å². The van der Waals surface area contributed by atoms with Gasteiger partial charge in [0.15, 0.2) is 0 Å². The molecule has 0 bridgehead atoms. The Kier molecular flexibility index (Phi) is 15.3. The Morgan fingerprint density at radius 1 is 0.860 bits per heavy atom. The number of carbonyl (C=O) groups excluding carboxylic acids is 2. The highest BCUT2D eigenvalue weighted by Gasteiger charge is 2.27. The average molecular weight is 593 g/mol. The normalized spacial score (nSPS) is 21.0. The Morgan fingerprint density at radius 3 is 2.09 bits per heavy atom. The minimum Gasteiger partial charge on any atom is -0.462 e. The molecule has 2 atom stereocenters. The number of hydrogen-bond donors (Lipinski definition) is 1. The van der Waals surface area contributed by atoms with Crippen LogP contribution in [0.3, 0.4) is 0 Å². The molecule has 1 N–H and O–H groups in total. The maximum atomic E-state index is 12.2. The lowest BCUT2D eigenvalue weighted by Crippen LogP contribution is -2.26. The minimum atomic E-state index is -0.606. The van der Waals surface area contributed by atoms with E-state index < -0.39 is 18.5 Å². The van der Waals surface area contributed by atoms with E-state index in [0.717, 1.165) is 38.0 Å².